The molecule has 0 aromatic heterocycles. The van der Waals surface area contributed by atoms with Crippen LogP contribution in [0.15, 0.2) is 48.6 Å². The van der Waals surface area contributed by atoms with E-state index in [0.717, 1.165) is 25.7 Å². The van der Waals surface area contributed by atoms with E-state index in [1.165, 1.54) is 30.6 Å². The predicted octanol–water partition coefficient (Wildman–Crippen LogP) is 5.50. The van der Waals surface area contributed by atoms with E-state index < -0.39 is 6.04 Å². The van der Waals surface area contributed by atoms with E-state index >= 15 is 0 Å². The fourth-order valence-electron chi connectivity index (χ4n) is 2.69. The van der Waals surface area contributed by atoms with Crippen molar-refractivity contribution in [3.8, 4) is 0 Å². The average molecular weight is 404 g/mol. The molecule has 0 aliphatic rings. The summed E-state index contributed by atoms with van der Waals surface area (Å²) in [5.41, 5.74) is 5.50. The Labute approximate surface area is 177 Å². The molecule has 0 amide bonds. The minimum absolute atomic E-state index is 0.130. The van der Waals surface area contributed by atoms with Gasteiger partial charge in [0.05, 0.1) is 6.61 Å². The van der Waals surface area contributed by atoms with Crippen LogP contribution in [-0.2, 0) is 9.53 Å². The fourth-order valence-corrected chi connectivity index (χ4v) is 2.69. The van der Waals surface area contributed by atoms with Gasteiger partial charge in [-0.2, -0.15) is 0 Å². The van der Waals surface area contributed by atoms with Crippen molar-refractivity contribution in [3.05, 3.63) is 48.6 Å². The van der Waals surface area contributed by atoms with Crippen molar-refractivity contribution in [1.82, 2.24) is 4.90 Å². The molecule has 5 nitrogen and oxygen atoms in total. The molecule has 0 radical (unpaired) electrons. The Balaban J connectivity index is 3.98. The first-order chi connectivity index (χ1) is 14.0. The first-order valence-electron chi connectivity index (χ1n) is 10.9. The number of allylic oxidation sites excluding steroid dienone is 8. The standard InChI is InChI=1S/C24H41N3O2/c1-4-6-7-8-9-10-11-12-13-14-15-16-17-18-19-20-21-22(23(28)29-5-2)27(3)24(25)26/h9-10,12-13,15-16,18-19,22H,4-8,11,14,17,20-21H2,1-3H3,(H3,25,26)/b10-9-,13-12-,16-15-,19-18-. The summed E-state index contributed by atoms with van der Waals surface area (Å²) in [4.78, 5) is 13.5. The van der Waals surface area contributed by atoms with E-state index in [1.807, 2.05) is 0 Å². The van der Waals surface area contributed by atoms with E-state index in [9.17, 15) is 4.79 Å². The number of guanidine groups is 1. The number of ether oxygens (including phenoxy) is 1. The number of carbonyl (C=O) groups excluding carboxylic acids is 1. The molecular formula is C24H41N3O2. The maximum Gasteiger partial charge on any atom is 0.328 e. The molecule has 1 unspecified atom stereocenters. The summed E-state index contributed by atoms with van der Waals surface area (Å²) >= 11 is 0. The predicted molar refractivity (Wildman–Crippen MR) is 124 cm³/mol. The monoisotopic (exact) mass is 403 g/mol. The third kappa shape index (κ3) is 15.3. The molecule has 5 heteroatoms. The van der Waals surface area contributed by atoms with E-state index in [-0.39, 0.29) is 11.9 Å². The van der Waals surface area contributed by atoms with Crippen LogP contribution in [0.5, 0.6) is 0 Å². The zero-order chi connectivity index (χ0) is 21.7. The van der Waals surface area contributed by atoms with Gasteiger partial charge in [0.15, 0.2) is 5.96 Å². The third-order valence-electron chi connectivity index (χ3n) is 4.47. The van der Waals surface area contributed by atoms with Crippen LogP contribution in [0.3, 0.4) is 0 Å². The van der Waals surface area contributed by atoms with Crippen molar-refractivity contribution >= 4 is 11.9 Å². The van der Waals surface area contributed by atoms with Gasteiger partial charge in [0.1, 0.15) is 6.04 Å². The van der Waals surface area contributed by atoms with E-state index in [0.29, 0.717) is 13.0 Å². The van der Waals surface area contributed by atoms with Gasteiger partial charge in [-0.25, -0.2) is 4.79 Å². The number of hydrogen-bond acceptors (Lipinski definition) is 3. The highest BCUT2D eigenvalue weighted by Crippen LogP contribution is 2.08. The fraction of sp³-hybridized carbons (Fsp3) is 0.583. The highest BCUT2D eigenvalue weighted by Gasteiger charge is 2.24. The van der Waals surface area contributed by atoms with Crippen molar-refractivity contribution in [2.45, 2.75) is 77.7 Å². The Bertz CT molecular complexity index is 550. The van der Waals surface area contributed by atoms with E-state index in [2.05, 4.69) is 55.5 Å². The number of rotatable bonds is 16. The largest absolute Gasteiger partial charge is 0.464 e. The molecule has 3 N–H and O–H groups in total. The average Bonchev–Trinajstić information content (AvgIpc) is 2.70. The molecule has 29 heavy (non-hydrogen) atoms. The number of carbonyl (C=O) groups is 1. The second-order valence-electron chi connectivity index (χ2n) is 6.93. The van der Waals surface area contributed by atoms with Gasteiger partial charge < -0.3 is 15.4 Å². The van der Waals surface area contributed by atoms with Crippen LogP contribution in [-0.4, -0.2) is 36.5 Å². The Morgan fingerprint density at radius 2 is 1.45 bits per heavy atom. The van der Waals surface area contributed by atoms with Crippen LogP contribution in [0.1, 0.15) is 71.6 Å². The molecule has 1 atom stereocenters. The molecule has 0 spiro atoms. The van der Waals surface area contributed by atoms with Gasteiger partial charge in [0.25, 0.3) is 0 Å². The van der Waals surface area contributed by atoms with Gasteiger partial charge in [-0.1, -0.05) is 68.4 Å². The van der Waals surface area contributed by atoms with Crippen LogP contribution in [0.25, 0.3) is 0 Å². The summed E-state index contributed by atoms with van der Waals surface area (Å²) in [6, 6.07) is -0.515. The van der Waals surface area contributed by atoms with Gasteiger partial charge in [0.2, 0.25) is 0 Å². The van der Waals surface area contributed by atoms with Crippen LogP contribution >= 0.6 is 0 Å². The molecule has 0 rings (SSSR count). The maximum absolute atomic E-state index is 12.0. The number of esters is 1. The third-order valence-corrected chi connectivity index (χ3v) is 4.47. The molecule has 0 heterocycles. The summed E-state index contributed by atoms with van der Waals surface area (Å²) in [7, 11) is 1.64. The van der Waals surface area contributed by atoms with Crippen molar-refractivity contribution in [3.63, 3.8) is 0 Å². The zero-order valence-electron chi connectivity index (χ0n) is 18.6. The Hall–Kier alpha value is -2.30. The minimum atomic E-state index is -0.515. The molecule has 164 valence electrons. The van der Waals surface area contributed by atoms with Crippen molar-refractivity contribution < 1.29 is 9.53 Å². The molecule has 0 saturated heterocycles. The quantitative estimate of drug-likeness (QED) is 0.117. The topological polar surface area (TPSA) is 79.4 Å². The summed E-state index contributed by atoms with van der Waals surface area (Å²) < 4.78 is 5.08. The number of unbranched alkanes of at least 4 members (excludes halogenated alkanes) is 3. The lowest BCUT2D eigenvalue weighted by Gasteiger charge is -2.26. The van der Waals surface area contributed by atoms with Crippen LogP contribution in [0.4, 0.5) is 0 Å². The molecular weight excluding hydrogens is 362 g/mol. The van der Waals surface area contributed by atoms with Crippen LogP contribution in [0.2, 0.25) is 0 Å². The summed E-state index contributed by atoms with van der Waals surface area (Å²) in [6.07, 6.45) is 26.6. The van der Waals surface area contributed by atoms with Gasteiger partial charge in [-0.05, 0) is 51.9 Å². The highest BCUT2D eigenvalue weighted by molar-refractivity contribution is 5.83. The number of likely N-dealkylation sites (N-methyl/N-ethyl adjacent to an activating group) is 1. The first kappa shape index (κ1) is 26.7. The van der Waals surface area contributed by atoms with Gasteiger partial charge in [-0.15, -0.1) is 0 Å². The Kier molecular flexibility index (Phi) is 17.5. The lowest BCUT2D eigenvalue weighted by atomic mass is 10.1. The van der Waals surface area contributed by atoms with Gasteiger partial charge in [0, 0.05) is 7.05 Å². The number of hydrogen-bond donors (Lipinski definition) is 2. The lowest BCUT2D eigenvalue weighted by Crippen LogP contribution is -2.46. The molecule has 0 saturated carbocycles. The Morgan fingerprint density at radius 3 is 1.93 bits per heavy atom. The van der Waals surface area contributed by atoms with E-state index in [4.69, 9.17) is 15.9 Å². The summed E-state index contributed by atoms with van der Waals surface area (Å²) in [5, 5.41) is 7.51. The molecule has 0 bridgehead atoms. The number of nitrogens with two attached hydrogens (primary N) is 1. The number of nitrogens with zero attached hydrogens (tertiary/aromatic N) is 1. The highest BCUT2D eigenvalue weighted by atomic mass is 16.5. The van der Waals surface area contributed by atoms with Crippen molar-refractivity contribution in [2.75, 3.05) is 13.7 Å². The van der Waals surface area contributed by atoms with Crippen molar-refractivity contribution in [1.29, 1.82) is 5.41 Å². The minimum Gasteiger partial charge on any atom is -0.464 e. The molecule has 0 fully saturated rings. The Morgan fingerprint density at radius 1 is 0.931 bits per heavy atom. The van der Waals surface area contributed by atoms with E-state index in [1.54, 1.807) is 14.0 Å². The molecule has 0 aromatic rings. The van der Waals surface area contributed by atoms with Crippen molar-refractivity contribution in [2.24, 2.45) is 5.73 Å². The normalized spacial score (nSPS) is 13.1. The first-order valence-corrected chi connectivity index (χ1v) is 10.9. The SMILES string of the molecule is CCCCC/C=C\C/C=C\C/C=C\C/C=C\CCC(C(=O)OCC)N(C)C(=N)N. The van der Waals surface area contributed by atoms with Crippen LogP contribution < -0.4 is 5.73 Å². The summed E-state index contributed by atoms with van der Waals surface area (Å²) in [6.45, 7) is 4.33. The molecule has 0 aliphatic heterocycles. The van der Waals surface area contributed by atoms with Gasteiger partial charge in [-0.3, -0.25) is 5.41 Å². The second-order valence-corrected chi connectivity index (χ2v) is 6.93. The second kappa shape index (κ2) is 19.0. The zero-order valence-corrected chi connectivity index (χ0v) is 18.6. The molecule has 0 aromatic carbocycles. The summed E-state index contributed by atoms with van der Waals surface area (Å²) in [5.74, 6) is -0.462. The lowest BCUT2D eigenvalue weighted by molar-refractivity contribution is -0.147. The smallest absolute Gasteiger partial charge is 0.328 e. The maximum atomic E-state index is 12.0. The van der Waals surface area contributed by atoms with Gasteiger partial charge >= 0.3 is 5.97 Å². The van der Waals surface area contributed by atoms with Crippen LogP contribution in [0, 0.1) is 5.41 Å². The molecule has 0 aliphatic carbocycles. The number of nitrogens with one attached hydrogen (secondary N) is 1.